The Kier molecular flexibility index (Phi) is 11.6. The Morgan fingerprint density at radius 3 is 2.26 bits per heavy atom. The number of ether oxygens (including phenoxy) is 2. The van der Waals surface area contributed by atoms with E-state index >= 15 is 0 Å². The molecule has 0 saturated heterocycles. The van der Waals surface area contributed by atoms with Crippen LogP contribution in [-0.2, 0) is 14.3 Å². The fourth-order valence-electron chi connectivity index (χ4n) is 4.01. The summed E-state index contributed by atoms with van der Waals surface area (Å²) in [6, 6.07) is 15.3. The molecule has 4 amide bonds. The van der Waals surface area contributed by atoms with Crippen LogP contribution in [0.4, 0.5) is 30.6 Å². The van der Waals surface area contributed by atoms with Gasteiger partial charge in [-0.05, 0) is 54.8 Å². The van der Waals surface area contributed by atoms with Gasteiger partial charge in [0.25, 0.3) is 5.91 Å². The third kappa shape index (κ3) is 8.99. The Balaban J connectivity index is 1.71. The van der Waals surface area contributed by atoms with Gasteiger partial charge in [0.2, 0.25) is 5.91 Å². The van der Waals surface area contributed by atoms with Gasteiger partial charge in [0, 0.05) is 19.3 Å². The Morgan fingerprint density at radius 2 is 1.58 bits per heavy atom. The van der Waals surface area contributed by atoms with Gasteiger partial charge in [-0.2, -0.15) is 0 Å². The summed E-state index contributed by atoms with van der Waals surface area (Å²) in [6.07, 6.45) is 0.626. The molecule has 0 bridgehead atoms. The van der Waals surface area contributed by atoms with Crippen molar-refractivity contribution in [2.75, 3.05) is 49.0 Å². The minimum Gasteiger partial charge on any atom is -0.482 e. The fourth-order valence-corrected chi connectivity index (χ4v) is 4.01. The van der Waals surface area contributed by atoms with Crippen molar-refractivity contribution in [2.45, 2.75) is 20.3 Å². The van der Waals surface area contributed by atoms with Crippen LogP contribution in [-0.4, -0.2) is 57.7 Å². The van der Waals surface area contributed by atoms with Crippen molar-refractivity contribution >= 4 is 40.9 Å². The second-order valence-electron chi connectivity index (χ2n) is 9.89. The number of benzene rings is 3. The van der Waals surface area contributed by atoms with Gasteiger partial charge >= 0.3 is 12.0 Å². The Hall–Kier alpha value is -5.00. The van der Waals surface area contributed by atoms with Gasteiger partial charge in [0.05, 0.1) is 24.9 Å². The number of likely N-dealkylation sites (N-methyl/N-ethyl adjacent to an activating group) is 1. The smallest absolute Gasteiger partial charge is 0.337 e. The molecule has 228 valence electrons. The second kappa shape index (κ2) is 15.3. The highest BCUT2D eigenvalue weighted by Crippen LogP contribution is 2.29. The molecule has 0 aliphatic rings. The van der Waals surface area contributed by atoms with E-state index in [1.54, 1.807) is 36.4 Å². The van der Waals surface area contributed by atoms with E-state index in [4.69, 9.17) is 4.74 Å². The molecule has 0 fully saturated rings. The molecule has 0 aromatic heterocycles. The standard InChI is InChI=1S/C31H34F2N4O6/c1-20(2)15-16-37(27(38)18-34-31(41)35-22-10-7-9-21(17-22)30(40)42-4)25-13-5-6-14-26(25)43-19-28(39)36(3)29-23(32)11-8-12-24(29)33/h5-14,17,20H,15-16,18-19H2,1-4H3,(H2,34,35,41). The predicted molar refractivity (Wildman–Crippen MR) is 158 cm³/mol. The van der Waals surface area contributed by atoms with Crippen LogP contribution in [0, 0.1) is 17.6 Å². The van der Waals surface area contributed by atoms with Gasteiger partial charge in [-0.3, -0.25) is 9.59 Å². The van der Waals surface area contributed by atoms with Crippen molar-refractivity contribution in [3.05, 3.63) is 83.9 Å². The Morgan fingerprint density at radius 1 is 0.907 bits per heavy atom. The first-order chi connectivity index (χ1) is 20.5. The van der Waals surface area contributed by atoms with E-state index in [9.17, 15) is 28.0 Å². The van der Waals surface area contributed by atoms with Crippen molar-refractivity contribution in [3.8, 4) is 5.75 Å². The molecule has 0 atom stereocenters. The van der Waals surface area contributed by atoms with E-state index in [-0.39, 0.29) is 30.3 Å². The molecular weight excluding hydrogens is 562 g/mol. The van der Waals surface area contributed by atoms with Gasteiger partial charge in [-0.1, -0.05) is 38.1 Å². The van der Waals surface area contributed by atoms with E-state index in [0.29, 0.717) is 17.8 Å². The Labute approximate surface area is 248 Å². The summed E-state index contributed by atoms with van der Waals surface area (Å²) in [6.45, 7) is 3.35. The lowest BCUT2D eigenvalue weighted by Crippen LogP contribution is -2.42. The van der Waals surface area contributed by atoms with Crippen molar-refractivity contribution in [1.82, 2.24) is 5.32 Å². The molecule has 0 spiro atoms. The molecule has 10 nitrogen and oxygen atoms in total. The Bertz CT molecular complexity index is 1450. The first kappa shape index (κ1) is 32.5. The van der Waals surface area contributed by atoms with Gasteiger partial charge in [0.1, 0.15) is 23.1 Å². The van der Waals surface area contributed by atoms with Crippen LogP contribution in [0.25, 0.3) is 0 Å². The number of anilines is 3. The quantitative estimate of drug-likeness (QED) is 0.285. The van der Waals surface area contributed by atoms with Crippen molar-refractivity contribution in [1.29, 1.82) is 0 Å². The zero-order chi connectivity index (χ0) is 31.5. The second-order valence-corrected chi connectivity index (χ2v) is 9.89. The number of urea groups is 1. The summed E-state index contributed by atoms with van der Waals surface area (Å²) < 4.78 is 38.8. The molecule has 2 N–H and O–H groups in total. The van der Waals surface area contributed by atoms with Crippen LogP contribution in [0.1, 0.15) is 30.6 Å². The summed E-state index contributed by atoms with van der Waals surface area (Å²) >= 11 is 0. The third-order valence-corrected chi connectivity index (χ3v) is 6.33. The van der Waals surface area contributed by atoms with Gasteiger partial charge in [0.15, 0.2) is 6.61 Å². The van der Waals surface area contributed by atoms with E-state index in [1.807, 2.05) is 13.8 Å². The first-order valence-electron chi connectivity index (χ1n) is 13.5. The predicted octanol–water partition coefficient (Wildman–Crippen LogP) is 4.99. The first-order valence-corrected chi connectivity index (χ1v) is 13.5. The average molecular weight is 597 g/mol. The molecule has 3 aromatic rings. The molecule has 12 heteroatoms. The number of hydrogen-bond acceptors (Lipinski definition) is 6. The van der Waals surface area contributed by atoms with E-state index in [0.717, 1.165) is 17.0 Å². The number of hydrogen-bond donors (Lipinski definition) is 2. The monoisotopic (exact) mass is 596 g/mol. The summed E-state index contributed by atoms with van der Waals surface area (Å²) in [5.74, 6) is -3.08. The number of esters is 1. The third-order valence-electron chi connectivity index (χ3n) is 6.33. The maximum Gasteiger partial charge on any atom is 0.337 e. The molecule has 3 aromatic carbocycles. The summed E-state index contributed by atoms with van der Waals surface area (Å²) in [5, 5.41) is 5.09. The lowest BCUT2D eigenvalue weighted by molar-refractivity contribution is -0.120. The number of methoxy groups -OCH3 is 1. The van der Waals surface area contributed by atoms with Gasteiger partial charge < -0.3 is 29.9 Å². The minimum atomic E-state index is -0.894. The van der Waals surface area contributed by atoms with Crippen LogP contribution in [0.15, 0.2) is 66.7 Å². The number of rotatable bonds is 12. The summed E-state index contributed by atoms with van der Waals surface area (Å²) in [4.78, 5) is 52.7. The highest BCUT2D eigenvalue weighted by Gasteiger charge is 2.23. The molecule has 43 heavy (non-hydrogen) atoms. The van der Waals surface area contributed by atoms with Crippen LogP contribution < -0.4 is 25.2 Å². The fraction of sp³-hybridized carbons (Fsp3) is 0.290. The normalized spacial score (nSPS) is 10.6. The highest BCUT2D eigenvalue weighted by atomic mass is 19.1. The average Bonchev–Trinajstić information content (AvgIpc) is 2.98. The van der Waals surface area contributed by atoms with Gasteiger partial charge in [-0.25, -0.2) is 18.4 Å². The van der Waals surface area contributed by atoms with Crippen molar-refractivity contribution in [3.63, 3.8) is 0 Å². The summed E-state index contributed by atoms with van der Waals surface area (Å²) in [5.41, 5.74) is 0.429. The van der Waals surface area contributed by atoms with E-state index in [1.165, 1.54) is 37.3 Å². The van der Waals surface area contributed by atoms with Crippen molar-refractivity contribution in [2.24, 2.45) is 5.92 Å². The summed E-state index contributed by atoms with van der Waals surface area (Å²) in [7, 11) is 2.48. The van der Waals surface area contributed by atoms with Crippen LogP contribution in [0.2, 0.25) is 0 Å². The lowest BCUT2D eigenvalue weighted by atomic mass is 10.1. The molecule has 3 rings (SSSR count). The lowest BCUT2D eigenvalue weighted by Gasteiger charge is -2.26. The molecule has 0 heterocycles. The molecule has 0 aliphatic carbocycles. The maximum atomic E-state index is 14.2. The number of para-hydroxylation sites is 3. The number of halogens is 2. The molecule has 0 saturated carbocycles. The number of carbonyl (C=O) groups is 4. The van der Waals surface area contributed by atoms with Crippen LogP contribution in [0.5, 0.6) is 5.75 Å². The number of carbonyl (C=O) groups excluding carboxylic acids is 4. The zero-order valence-corrected chi connectivity index (χ0v) is 24.4. The SMILES string of the molecule is COC(=O)c1cccc(NC(=O)NCC(=O)N(CCC(C)C)c2ccccc2OCC(=O)N(C)c2c(F)cccc2F)c1. The largest absolute Gasteiger partial charge is 0.482 e. The number of amides is 4. The highest BCUT2D eigenvalue weighted by molar-refractivity contribution is 6.00. The number of nitrogens with one attached hydrogen (secondary N) is 2. The van der Waals surface area contributed by atoms with Gasteiger partial charge in [-0.15, -0.1) is 0 Å². The van der Waals surface area contributed by atoms with Crippen LogP contribution in [0.3, 0.4) is 0 Å². The van der Waals surface area contributed by atoms with E-state index in [2.05, 4.69) is 15.4 Å². The molecule has 0 unspecified atom stereocenters. The van der Waals surface area contributed by atoms with Crippen molar-refractivity contribution < 1.29 is 37.4 Å². The number of nitrogens with zero attached hydrogens (tertiary/aromatic N) is 2. The van der Waals surface area contributed by atoms with Crippen LogP contribution >= 0.6 is 0 Å². The maximum absolute atomic E-state index is 14.2. The molecular formula is C31H34F2N4O6. The minimum absolute atomic E-state index is 0.194. The molecule has 0 aliphatic heterocycles. The van der Waals surface area contributed by atoms with E-state index < -0.39 is 47.7 Å². The topological polar surface area (TPSA) is 117 Å². The molecule has 0 radical (unpaired) electrons. The zero-order valence-electron chi connectivity index (χ0n) is 24.4.